The fourth-order valence-corrected chi connectivity index (χ4v) is 3.73. The molecule has 6 nitrogen and oxygen atoms in total. The van der Waals surface area contributed by atoms with Crippen LogP contribution in [0.1, 0.15) is 13.8 Å². The van der Waals surface area contributed by atoms with E-state index in [0.29, 0.717) is 10.2 Å². The van der Waals surface area contributed by atoms with Gasteiger partial charge in [-0.05, 0) is 48.0 Å². The molecule has 0 saturated heterocycles. The van der Waals surface area contributed by atoms with E-state index in [2.05, 4.69) is 21.2 Å². The molecule has 1 rings (SSSR count). The van der Waals surface area contributed by atoms with Crippen LogP contribution in [0.25, 0.3) is 0 Å². The van der Waals surface area contributed by atoms with Crippen molar-refractivity contribution in [1.82, 2.24) is 9.62 Å². The molecule has 3 N–H and O–H groups in total. The van der Waals surface area contributed by atoms with Crippen LogP contribution in [0.5, 0.6) is 0 Å². The van der Waals surface area contributed by atoms with Crippen molar-refractivity contribution in [2.75, 3.05) is 19.3 Å². The molecule has 0 radical (unpaired) electrons. The van der Waals surface area contributed by atoms with Crippen LogP contribution in [0, 0.1) is 0 Å². The first kappa shape index (κ1) is 16.9. The molecule has 0 aliphatic rings. The van der Waals surface area contributed by atoms with Crippen LogP contribution in [-0.4, -0.2) is 38.3 Å². The van der Waals surface area contributed by atoms with Gasteiger partial charge < -0.3 is 11.1 Å². The minimum absolute atomic E-state index is 0.0399. The van der Waals surface area contributed by atoms with E-state index >= 15 is 0 Å². The van der Waals surface area contributed by atoms with Gasteiger partial charge in [0.15, 0.2) is 0 Å². The van der Waals surface area contributed by atoms with Crippen molar-refractivity contribution in [3.8, 4) is 0 Å². The maximum Gasteiger partial charge on any atom is 0.244 e. The Kier molecular flexibility index (Phi) is 5.55. The van der Waals surface area contributed by atoms with E-state index in [9.17, 15) is 13.2 Å². The molecule has 8 heteroatoms. The van der Waals surface area contributed by atoms with Crippen LogP contribution < -0.4 is 11.1 Å². The van der Waals surface area contributed by atoms with Gasteiger partial charge in [-0.3, -0.25) is 4.79 Å². The van der Waals surface area contributed by atoms with Crippen molar-refractivity contribution in [2.24, 2.45) is 0 Å². The molecule has 0 spiro atoms. The topological polar surface area (TPSA) is 92.5 Å². The standard InChI is InChI=1S/C12H18BrN3O3S/c1-8(2)15-12(17)7-16(3)20(18,19)11-5-4-9(14)6-10(11)13/h4-6,8H,7,14H2,1-3H3,(H,15,17). The molecule has 1 aromatic rings. The Morgan fingerprint density at radius 2 is 2.05 bits per heavy atom. The predicted octanol–water partition coefficient (Wildman–Crippen LogP) is 1.18. The zero-order valence-electron chi connectivity index (χ0n) is 11.6. The number of nitrogens with two attached hydrogens (primary N) is 1. The monoisotopic (exact) mass is 363 g/mol. The van der Waals surface area contributed by atoms with Crippen molar-refractivity contribution < 1.29 is 13.2 Å². The normalized spacial score (nSPS) is 11.9. The van der Waals surface area contributed by atoms with Crippen molar-refractivity contribution in [3.63, 3.8) is 0 Å². The number of sulfonamides is 1. The van der Waals surface area contributed by atoms with Gasteiger partial charge in [0.1, 0.15) is 0 Å². The lowest BCUT2D eigenvalue weighted by Crippen LogP contribution is -2.40. The summed E-state index contributed by atoms with van der Waals surface area (Å²) in [6.07, 6.45) is 0. The van der Waals surface area contributed by atoms with E-state index in [4.69, 9.17) is 5.73 Å². The first-order chi connectivity index (χ1) is 9.14. The molecule has 0 atom stereocenters. The second kappa shape index (κ2) is 6.55. The zero-order valence-corrected chi connectivity index (χ0v) is 14.0. The van der Waals surface area contributed by atoms with E-state index < -0.39 is 10.0 Å². The number of hydrogen-bond acceptors (Lipinski definition) is 4. The second-order valence-electron chi connectivity index (χ2n) is 4.67. The Morgan fingerprint density at radius 3 is 2.55 bits per heavy atom. The number of likely N-dealkylation sites (N-methyl/N-ethyl adjacent to an activating group) is 1. The first-order valence-corrected chi connectivity index (χ1v) is 8.18. The maximum absolute atomic E-state index is 12.4. The molecule has 20 heavy (non-hydrogen) atoms. The number of rotatable bonds is 5. The summed E-state index contributed by atoms with van der Waals surface area (Å²) in [5.41, 5.74) is 6.03. The average Bonchev–Trinajstić information content (AvgIpc) is 2.26. The molecular weight excluding hydrogens is 346 g/mol. The molecule has 0 saturated carbocycles. The third kappa shape index (κ3) is 4.19. The van der Waals surface area contributed by atoms with Gasteiger partial charge in [-0.25, -0.2) is 8.42 Å². The van der Waals surface area contributed by atoms with Gasteiger partial charge >= 0.3 is 0 Å². The van der Waals surface area contributed by atoms with E-state index in [-0.39, 0.29) is 23.4 Å². The van der Waals surface area contributed by atoms with Crippen LogP contribution in [0.2, 0.25) is 0 Å². The number of anilines is 1. The van der Waals surface area contributed by atoms with Gasteiger partial charge in [0.2, 0.25) is 15.9 Å². The predicted molar refractivity (Wildman–Crippen MR) is 81.6 cm³/mol. The van der Waals surface area contributed by atoms with Gasteiger partial charge in [-0.1, -0.05) is 0 Å². The summed E-state index contributed by atoms with van der Waals surface area (Å²) in [5, 5.41) is 2.64. The minimum Gasteiger partial charge on any atom is -0.399 e. The number of amides is 1. The summed E-state index contributed by atoms with van der Waals surface area (Å²) in [6.45, 7) is 3.38. The SMILES string of the molecule is CC(C)NC(=O)CN(C)S(=O)(=O)c1ccc(N)cc1Br. The third-order valence-corrected chi connectivity index (χ3v) is 5.24. The molecule has 112 valence electrons. The molecular formula is C12H18BrN3O3S. The van der Waals surface area contributed by atoms with Crippen LogP contribution in [0.15, 0.2) is 27.6 Å². The lowest BCUT2D eigenvalue weighted by atomic mass is 10.3. The van der Waals surface area contributed by atoms with Crippen LogP contribution in [0.4, 0.5) is 5.69 Å². The number of benzene rings is 1. The Bertz CT molecular complexity index is 602. The summed E-state index contributed by atoms with van der Waals surface area (Å²) in [4.78, 5) is 11.7. The summed E-state index contributed by atoms with van der Waals surface area (Å²) < 4.78 is 26.1. The highest BCUT2D eigenvalue weighted by molar-refractivity contribution is 9.10. The molecule has 0 fully saturated rings. The zero-order chi connectivity index (χ0) is 15.5. The number of carbonyl (C=O) groups is 1. The highest BCUT2D eigenvalue weighted by atomic mass is 79.9. The molecule has 0 unspecified atom stereocenters. The minimum atomic E-state index is -3.75. The number of carbonyl (C=O) groups excluding carboxylic acids is 1. The highest BCUT2D eigenvalue weighted by Crippen LogP contribution is 2.26. The second-order valence-corrected chi connectivity index (χ2v) is 7.54. The van der Waals surface area contributed by atoms with Crippen molar-refractivity contribution >= 4 is 37.5 Å². The molecule has 1 amide bonds. The highest BCUT2D eigenvalue weighted by Gasteiger charge is 2.25. The quantitative estimate of drug-likeness (QED) is 0.768. The third-order valence-electron chi connectivity index (χ3n) is 2.46. The Balaban J connectivity index is 2.95. The fraction of sp³-hybridized carbons (Fsp3) is 0.417. The fourth-order valence-electron chi connectivity index (χ4n) is 1.55. The molecule has 0 aliphatic heterocycles. The van der Waals surface area contributed by atoms with Crippen molar-refractivity contribution in [1.29, 1.82) is 0 Å². The summed E-state index contributed by atoms with van der Waals surface area (Å²) in [7, 11) is -2.39. The lowest BCUT2D eigenvalue weighted by Gasteiger charge is -2.18. The Labute approximate surface area is 127 Å². The number of halogens is 1. The van der Waals surface area contributed by atoms with Crippen LogP contribution >= 0.6 is 15.9 Å². The molecule has 0 bridgehead atoms. The van der Waals surface area contributed by atoms with Gasteiger partial charge in [0.05, 0.1) is 11.4 Å². The average molecular weight is 364 g/mol. The van der Waals surface area contributed by atoms with E-state index in [1.807, 2.05) is 13.8 Å². The number of nitrogen functional groups attached to an aromatic ring is 1. The van der Waals surface area contributed by atoms with Crippen LogP contribution in [0.3, 0.4) is 0 Å². The summed E-state index contributed by atoms with van der Waals surface area (Å²) in [5.74, 6) is -0.349. The largest absolute Gasteiger partial charge is 0.399 e. The Morgan fingerprint density at radius 1 is 1.45 bits per heavy atom. The summed E-state index contributed by atoms with van der Waals surface area (Å²) in [6, 6.07) is 4.38. The van der Waals surface area contributed by atoms with Crippen LogP contribution in [-0.2, 0) is 14.8 Å². The number of hydrogen-bond donors (Lipinski definition) is 2. The Hall–Kier alpha value is -1.12. The maximum atomic E-state index is 12.4. The molecule has 0 heterocycles. The lowest BCUT2D eigenvalue weighted by molar-refractivity contribution is -0.121. The smallest absolute Gasteiger partial charge is 0.244 e. The van der Waals surface area contributed by atoms with E-state index in [1.165, 1.54) is 25.2 Å². The molecule has 0 aliphatic carbocycles. The van der Waals surface area contributed by atoms with Gasteiger partial charge in [-0.2, -0.15) is 4.31 Å². The van der Waals surface area contributed by atoms with E-state index in [0.717, 1.165) is 4.31 Å². The van der Waals surface area contributed by atoms with Gasteiger partial charge in [0, 0.05) is 23.2 Å². The van der Waals surface area contributed by atoms with Crippen molar-refractivity contribution in [2.45, 2.75) is 24.8 Å². The molecule has 0 aromatic heterocycles. The number of nitrogens with zero attached hydrogens (tertiary/aromatic N) is 1. The van der Waals surface area contributed by atoms with Crippen molar-refractivity contribution in [3.05, 3.63) is 22.7 Å². The van der Waals surface area contributed by atoms with E-state index in [1.54, 1.807) is 0 Å². The summed E-state index contributed by atoms with van der Waals surface area (Å²) >= 11 is 3.17. The molecule has 1 aromatic carbocycles. The first-order valence-electron chi connectivity index (χ1n) is 5.95. The van der Waals surface area contributed by atoms with Gasteiger partial charge in [-0.15, -0.1) is 0 Å². The number of nitrogens with one attached hydrogen (secondary N) is 1. The van der Waals surface area contributed by atoms with Gasteiger partial charge in [0.25, 0.3) is 0 Å².